The average molecular weight is 297 g/mol. The van der Waals surface area contributed by atoms with Crippen LogP contribution in [0.2, 0.25) is 0 Å². The van der Waals surface area contributed by atoms with Gasteiger partial charge in [-0.3, -0.25) is 0 Å². The van der Waals surface area contributed by atoms with Gasteiger partial charge in [-0.1, -0.05) is 18.2 Å². The molecule has 0 aliphatic heterocycles. The summed E-state index contributed by atoms with van der Waals surface area (Å²) in [7, 11) is 0. The van der Waals surface area contributed by atoms with Crippen molar-refractivity contribution in [2.24, 2.45) is 0 Å². The van der Waals surface area contributed by atoms with Crippen molar-refractivity contribution in [2.45, 2.75) is 26.1 Å². The molecule has 2 rings (SSSR count). The van der Waals surface area contributed by atoms with Gasteiger partial charge in [-0.2, -0.15) is 13.2 Å². The van der Waals surface area contributed by atoms with Gasteiger partial charge in [0.05, 0.1) is 11.3 Å². The van der Waals surface area contributed by atoms with Crippen LogP contribution in [0, 0.1) is 12.7 Å². The standard InChI is InChI=1S/C16H15F4N/c1-10-6-7-15(14(17)8-10)21-11(2)12-4-3-5-13(9-12)16(18,19)20/h3-9,11,21H,1-2H3. The number of aryl methyl sites for hydroxylation is 1. The van der Waals surface area contributed by atoms with Crippen LogP contribution >= 0.6 is 0 Å². The smallest absolute Gasteiger partial charge is 0.376 e. The zero-order chi connectivity index (χ0) is 15.6. The minimum Gasteiger partial charge on any atom is -0.376 e. The molecule has 1 atom stereocenters. The van der Waals surface area contributed by atoms with Gasteiger partial charge in [-0.15, -0.1) is 0 Å². The summed E-state index contributed by atoms with van der Waals surface area (Å²) in [5, 5.41) is 2.89. The molecule has 2 aromatic carbocycles. The van der Waals surface area contributed by atoms with Gasteiger partial charge in [0.2, 0.25) is 0 Å². The first-order chi connectivity index (χ1) is 9.77. The Labute approximate surface area is 120 Å². The topological polar surface area (TPSA) is 12.0 Å². The Balaban J connectivity index is 2.22. The summed E-state index contributed by atoms with van der Waals surface area (Å²) in [6.07, 6.45) is -4.38. The molecule has 0 aromatic heterocycles. The van der Waals surface area contributed by atoms with Crippen LogP contribution in [0.25, 0.3) is 0 Å². The lowest BCUT2D eigenvalue weighted by Gasteiger charge is -2.18. The fraction of sp³-hybridized carbons (Fsp3) is 0.250. The van der Waals surface area contributed by atoms with Gasteiger partial charge in [0, 0.05) is 6.04 Å². The van der Waals surface area contributed by atoms with E-state index in [0.29, 0.717) is 5.56 Å². The highest BCUT2D eigenvalue weighted by Gasteiger charge is 2.30. The quantitative estimate of drug-likeness (QED) is 0.755. The first kappa shape index (κ1) is 15.4. The number of hydrogen-bond donors (Lipinski definition) is 1. The van der Waals surface area contributed by atoms with Crippen LogP contribution < -0.4 is 5.32 Å². The molecule has 1 N–H and O–H groups in total. The van der Waals surface area contributed by atoms with Gasteiger partial charge in [0.15, 0.2) is 0 Å². The molecular formula is C16H15F4N. The molecule has 5 heteroatoms. The number of anilines is 1. The minimum atomic E-state index is -4.38. The molecule has 0 saturated heterocycles. The molecule has 2 aromatic rings. The van der Waals surface area contributed by atoms with Crippen molar-refractivity contribution in [3.05, 3.63) is 65.0 Å². The number of halogens is 4. The van der Waals surface area contributed by atoms with E-state index in [1.54, 1.807) is 32.0 Å². The van der Waals surface area contributed by atoms with E-state index in [0.717, 1.165) is 17.7 Å². The molecule has 112 valence electrons. The van der Waals surface area contributed by atoms with Crippen LogP contribution in [0.4, 0.5) is 23.2 Å². The Morgan fingerprint density at radius 2 is 1.76 bits per heavy atom. The van der Waals surface area contributed by atoms with Gasteiger partial charge in [-0.05, 0) is 49.2 Å². The lowest BCUT2D eigenvalue weighted by molar-refractivity contribution is -0.137. The zero-order valence-electron chi connectivity index (χ0n) is 11.6. The maximum atomic E-state index is 13.8. The highest BCUT2D eigenvalue weighted by molar-refractivity contribution is 5.48. The summed E-state index contributed by atoms with van der Waals surface area (Å²) in [6, 6.07) is 9.28. The van der Waals surface area contributed by atoms with Crippen molar-refractivity contribution in [2.75, 3.05) is 5.32 Å². The van der Waals surface area contributed by atoms with Crippen LogP contribution in [0.15, 0.2) is 42.5 Å². The molecule has 0 aliphatic carbocycles. The second-order valence-electron chi connectivity index (χ2n) is 4.97. The van der Waals surface area contributed by atoms with E-state index in [1.807, 2.05) is 0 Å². The van der Waals surface area contributed by atoms with Gasteiger partial charge < -0.3 is 5.32 Å². The molecule has 0 amide bonds. The summed E-state index contributed by atoms with van der Waals surface area (Å²) in [5.74, 6) is -0.422. The van der Waals surface area contributed by atoms with Crippen molar-refractivity contribution in [3.63, 3.8) is 0 Å². The van der Waals surface area contributed by atoms with E-state index in [4.69, 9.17) is 0 Å². The molecule has 0 radical (unpaired) electrons. The fourth-order valence-corrected chi connectivity index (χ4v) is 2.04. The first-order valence-electron chi connectivity index (χ1n) is 6.47. The Hall–Kier alpha value is -2.04. The summed E-state index contributed by atoms with van der Waals surface area (Å²) in [6.45, 7) is 3.46. The summed E-state index contributed by atoms with van der Waals surface area (Å²) < 4.78 is 51.8. The van der Waals surface area contributed by atoms with Gasteiger partial charge >= 0.3 is 6.18 Å². The van der Waals surface area contributed by atoms with Crippen molar-refractivity contribution >= 4 is 5.69 Å². The predicted octanol–water partition coefficient (Wildman–Crippen LogP) is 5.33. The first-order valence-corrected chi connectivity index (χ1v) is 6.47. The van der Waals surface area contributed by atoms with Crippen LogP contribution in [0.5, 0.6) is 0 Å². The van der Waals surface area contributed by atoms with Crippen molar-refractivity contribution in [1.29, 1.82) is 0 Å². The third-order valence-corrected chi connectivity index (χ3v) is 3.21. The lowest BCUT2D eigenvalue weighted by Crippen LogP contribution is -2.11. The second-order valence-corrected chi connectivity index (χ2v) is 4.97. The largest absolute Gasteiger partial charge is 0.416 e. The van der Waals surface area contributed by atoms with E-state index in [1.165, 1.54) is 12.1 Å². The molecule has 1 nitrogen and oxygen atoms in total. The van der Waals surface area contributed by atoms with E-state index >= 15 is 0 Å². The Morgan fingerprint density at radius 1 is 1.05 bits per heavy atom. The second kappa shape index (κ2) is 5.76. The third kappa shape index (κ3) is 3.74. The Kier molecular flexibility index (Phi) is 4.21. The molecular weight excluding hydrogens is 282 g/mol. The molecule has 0 heterocycles. The minimum absolute atomic E-state index is 0.269. The number of rotatable bonds is 3. The molecule has 0 fully saturated rings. The fourth-order valence-electron chi connectivity index (χ4n) is 2.04. The SMILES string of the molecule is Cc1ccc(NC(C)c2cccc(C(F)(F)F)c2)c(F)c1. The van der Waals surface area contributed by atoms with E-state index in [9.17, 15) is 17.6 Å². The van der Waals surface area contributed by atoms with Gasteiger partial charge in [0.1, 0.15) is 5.82 Å². The number of benzene rings is 2. The Morgan fingerprint density at radius 3 is 2.38 bits per heavy atom. The number of alkyl halides is 3. The zero-order valence-corrected chi connectivity index (χ0v) is 11.6. The van der Waals surface area contributed by atoms with Crippen molar-refractivity contribution in [1.82, 2.24) is 0 Å². The summed E-state index contributed by atoms with van der Waals surface area (Å²) in [4.78, 5) is 0. The van der Waals surface area contributed by atoms with Crippen LogP contribution in [-0.2, 0) is 6.18 Å². The third-order valence-electron chi connectivity index (χ3n) is 3.21. The highest BCUT2D eigenvalue weighted by atomic mass is 19.4. The normalized spacial score (nSPS) is 13.0. The van der Waals surface area contributed by atoms with Crippen LogP contribution in [0.3, 0.4) is 0 Å². The monoisotopic (exact) mass is 297 g/mol. The molecule has 0 saturated carbocycles. The Bertz CT molecular complexity index is 634. The predicted molar refractivity (Wildman–Crippen MR) is 74.6 cm³/mol. The number of hydrogen-bond acceptors (Lipinski definition) is 1. The molecule has 21 heavy (non-hydrogen) atoms. The van der Waals surface area contributed by atoms with E-state index < -0.39 is 23.6 Å². The number of nitrogens with one attached hydrogen (secondary N) is 1. The molecule has 0 bridgehead atoms. The van der Waals surface area contributed by atoms with Crippen molar-refractivity contribution < 1.29 is 17.6 Å². The molecule has 1 unspecified atom stereocenters. The van der Waals surface area contributed by atoms with E-state index in [-0.39, 0.29) is 5.69 Å². The average Bonchev–Trinajstić information content (AvgIpc) is 2.41. The lowest BCUT2D eigenvalue weighted by atomic mass is 10.0. The summed E-state index contributed by atoms with van der Waals surface area (Å²) in [5.41, 5.74) is 0.790. The highest BCUT2D eigenvalue weighted by Crippen LogP contribution is 2.31. The molecule has 0 aliphatic rings. The van der Waals surface area contributed by atoms with Gasteiger partial charge in [0.25, 0.3) is 0 Å². The maximum Gasteiger partial charge on any atom is 0.416 e. The van der Waals surface area contributed by atoms with Gasteiger partial charge in [-0.25, -0.2) is 4.39 Å². The van der Waals surface area contributed by atoms with Crippen LogP contribution in [-0.4, -0.2) is 0 Å². The summed E-state index contributed by atoms with van der Waals surface area (Å²) >= 11 is 0. The van der Waals surface area contributed by atoms with Crippen molar-refractivity contribution in [3.8, 4) is 0 Å². The molecule has 0 spiro atoms. The van der Waals surface area contributed by atoms with E-state index in [2.05, 4.69) is 5.32 Å². The maximum absolute atomic E-state index is 13.8. The van der Waals surface area contributed by atoms with Crippen LogP contribution in [0.1, 0.15) is 29.7 Å².